The highest BCUT2D eigenvalue weighted by molar-refractivity contribution is 5.83. The number of hydrogen-bond acceptors (Lipinski definition) is 2. The van der Waals surface area contributed by atoms with Gasteiger partial charge in [0, 0.05) is 31.6 Å². The Kier molecular flexibility index (Phi) is 3.40. The van der Waals surface area contributed by atoms with Crippen LogP contribution in [0.1, 0.15) is 25.3 Å². The topological polar surface area (TPSA) is 20.3 Å². The van der Waals surface area contributed by atoms with E-state index in [0.29, 0.717) is 18.6 Å². The van der Waals surface area contributed by atoms with Crippen molar-refractivity contribution in [3.63, 3.8) is 0 Å². The SMILES string of the molecule is CCN1CCC(=O)CC1=Cc1ccccc1. The summed E-state index contributed by atoms with van der Waals surface area (Å²) in [5.41, 5.74) is 2.33. The molecule has 0 amide bonds. The van der Waals surface area contributed by atoms with Crippen LogP contribution in [0.2, 0.25) is 0 Å². The van der Waals surface area contributed by atoms with Gasteiger partial charge in [0.2, 0.25) is 0 Å². The third kappa shape index (κ3) is 2.51. The van der Waals surface area contributed by atoms with Crippen molar-refractivity contribution < 1.29 is 4.79 Å². The van der Waals surface area contributed by atoms with Gasteiger partial charge in [0.15, 0.2) is 0 Å². The number of rotatable bonds is 2. The molecule has 1 aromatic rings. The van der Waals surface area contributed by atoms with Gasteiger partial charge >= 0.3 is 0 Å². The summed E-state index contributed by atoms with van der Waals surface area (Å²) in [6, 6.07) is 10.2. The van der Waals surface area contributed by atoms with Gasteiger partial charge in [-0.2, -0.15) is 0 Å². The van der Waals surface area contributed by atoms with E-state index in [0.717, 1.165) is 18.8 Å². The van der Waals surface area contributed by atoms with Crippen molar-refractivity contribution in [2.75, 3.05) is 13.1 Å². The lowest BCUT2D eigenvalue weighted by atomic mass is 10.0. The van der Waals surface area contributed by atoms with Crippen LogP contribution in [0.5, 0.6) is 0 Å². The molecule has 0 aromatic heterocycles. The molecule has 2 heteroatoms. The molecule has 0 aliphatic carbocycles. The molecule has 0 saturated carbocycles. The highest BCUT2D eigenvalue weighted by atomic mass is 16.1. The van der Waals surface area contributed by atoms with Gasteiger partial charge < -0.3 is 4.90 Å². The molecule has 1 aliphatic rings. The molecule has 0 bridgehead atoms. The van der Waals surface area contributed by atoms with E-state index in [-0.39, 0.29) is 0 Å². The molecule has 0 N–H and O–H groups in total. The number of piperidine rings is 1. The van der Waals surface area contributed by atoms with Crippen LogP contribution in [0.3, 0.4) is 0 Å². The number of carbonyl (C=O) groups excluding carboxylic acids is 1. The Morgan fingerprint density at radius 3 is 2.75 bits per heavy atom. The maximum Gasteiger partial charge on any atom is 0.140 e. The molecule has 0 radical (unpaired) electrons. The van der Waals surface area contributed by atoms with Gasteiger partial charge in [-0.15, -0.1) is 0 Å². The van der Waals surface area contributed by atoms with E-state index < -0.39 is 0 Å². The zero-order chi connectivity index (χ0) is 11.4. The number of allylic oxidation sites excluding steroid dienone is 1. The lowest BCUT2D eigenvalue weighted by Crippen LogP contribution is -2.31. The molecule has 0 atom stereocenters. The smallest absolute Gasteiger partial charge is 0.140 e. The van der Waals surface area contributed by atoms with Crippen molar-refractivity contribution in [1.29, 1.82) is 0 Å². The Balaban J connectivity index is 2.22. The molecule has 2 nitrogen and oxygen atoms in total. The summed E-state index contributed by atoms with van der Waals surface area (Å²) in [7, 11) is 0. The largest absolute Gasteiger partial charge is 0.374 e. The minimum Gasteiger partial charge on any atom is -0.374 e. The summed E-state index contributed by atoms with van der Waals surface area (Å²) in [6.07, 6.45) is 3.41. The maximum atomic E-state index is 11.5. The molecule has 16 heavy (non-hydrogen) atoms. The van der Waals surface area contributed by atoms with Gasteiger partial charge in [0.05, 0.1) is 0 Å². The zero-order valence-corrected chi connectivity index (χ0v) is 9.65. The Labute approximate surface area is 96.6 Å². The minimum atomic E-state index is 0.354. The van der Waals surface area contributed by atoms with E-state index in [1.165, 1.54) is 5.56 Å². The van der Waals surface area contributed by atoms with Gasteiger partial charge in [-0.1, -0.05) is 30.3 Å². The molecule has 1 saturated heterocycles. The molecule has 1 fully saturated rings. The van der Waals surface area contributed by atoms with Gasteiger partial charge in [-0.3, -0.25) is 4.79 Å². The number of Topliss-reactive ketones (excluding diaryl/α,β-unsaturated/α-hetero) is 1. The quantitative estimate of drug-likeness (QED) is 0.756. The summed E-state index contributed by atoms with van der Waals surface area (Å²) in [6.45, 7) is 3.98. The average molecular weight is 215 g/mol. The first-order valence-corrected chi connectivity index (χ1v) is 5.82. The normalized spacial score (nSPS) is 19.2. The molecule has 1 heterocycles. The number of hydrogen-bond donors (Lipinski definition) is 0. The van der Waals surface area contributed by atoms with E-state index in [2.05, 4.69) is 30.0 Å². The molecule has 0 unspecified atom stereocenters. The predicted octanol–water partition coefficient (Wildman–Crippen LogP) is 2.71. The highest BCUT2D eigenvalue weighted by Crippen LogP contribution is 2.20. The third-order valence-corrected chi connectivity index (χ3v) is 2.96. The molecule has 2 rings (SSSR count). The van der Waals surface area contributed by atoms with E-state index in [4.69, 9.17) is 0 Å². The van der Waals surface area contributed by atoms with E-state index in [1.807, 2.05) is 18.2 Å². The summed E-state index contributed by atoms with van der Waals surface area (Å²) in [4.78, 5) is 13.7. The van der Waals surface area contributed by atoms with Crippen LogP contribution >= 0.6 is 0 Å². The van der Waals surface area contributed by atoms with Crippen molar-refractivity contribution in [2.24, 2.45) is 0 Å². The number of ketones is 1. The van der Waals surface area contributed by atoms with Crippen molar-refractivity contribution in [3.8, 4) is 0 Å². The van der Waals surface area contributed by atoms with E-state index >= 15 is 0 Å². The first kappa shape index (κ1) is 10.9. The van der Waals surface area contributed by atoms with Gasteiger partial charge in [-0.05, 0) is 18.6 Å². The molecule has 1 aliphatic heterocycles. The van der Waals surface area contributed by atoms with Crippen LogP contribution < -0.4 is 0 Å². The number of carbonyl (C=O) groups is 1. The molecule has 0 spiro atoms. The van der Waals surface area contributed by atoms with E-state index in [1.54, 1.807) is 0 Å². The maximum absolute atomic E-state index is 11.5. The first-order valence-electron chi connectivity index (χ1n) is 5.82. The zero-order valence-electron chi connectivity index (χ0n) is 9.65. The lowest BCUT2D eigenvalue weighted by Gasteiger charge is -2.29. The van der Waals surface area contributed by atoms with Crippen molar-refractivity contribution >= 4 is 11.9 Å². The molecular weight excluding hydrogens is 198 g/mol. The Bertz CT molecular complexity index is 394. The van der Waals surface area contributed by atoms with Crippen LogP contribution in [0, 0.1) is 0 Å². The fraction of sp³-hybridized carbons (Fsp3) is 0.357. The summed E-state index contributed by atoms with van der Waals surface area (Å²) in [5, 5.41) is 0. The predicted molar refractivity (Wildman–Crippen MR) is 65.9 cm³/mol. The average Bonchev–Trinajstić information content (AvgIpc) is 2.31. The second-order valence-electron chi connectivity index (χ2n) is 4.09. The number of nitrogens with zero attached hydrogens (tertiary/aromatic N) is 1. The summed E-state index contributed by atoms with van der Waals surface area (Å²) in [5.74, 6) is 0.354. The van der Waals surface area contributed by atoms with Gasteiger partial charge in [0.1, 0.15) is 5.78 Å². The van der Waals surface area contributed by atoms with Gasteiger partial charge in [-0.25, -0.2) is 0 Å². The molecule has 1 aromatic carbocycles. The van der Waals surface area contributed by atoms with E-state index in [9.17, 15) is 4.79 Å². The molecule has 84 valence electrons. The third-order valence-electron chi connectivity index (χ3n) is 2.96. The Hall–Kier alpha value is -1.57. The number of likely N-dealkylation sites (tertiary alicyclic amines) is 1. The van der Waals surface area contributed by atoms with Crippen LogP contribution in [-0.4, -0.2) is 23.8 Å². The number of benzene rings is 1. The standard InChI is InChI=1S/C14H17NO/c1-2-15-9-8-14(16)11-13(15)10-12-6-4-3-5-7-12/h3-7,10H,2,8-9,11H2,1H3. The highest BCUT2D eigenvalue weighted by Gasteiger charge is 2.18. The van der Waals surface area contributed by atoms with Crippen LogP contribution in [-0.2, 0) is 4.79 Å². The fourth-order valence-electron chi connectivity index (χ4n) is 2.05. The summed E-state index contributed by atoms with van der Waals surface area (Å²) < 4.78 is 0. The second-order valence-corrected chi connectivity index (χ2v) is 4.09. The Morgan fingerprint density at radius 1 is 1.31 bits per heavy atom. The fourth-order valence-corrected chi connectivity index (χ4v) is 2.05. The van der Waals surface area contributed by atoms with Crippen molar-refractivity contribution in [1.82, 2.24) is 4.90 Å². The van der Waals surface area contributed by atoms with Crippen LogP contribution in [0.25, 0.3) is 6.08 Å². The summed E-state index contributed by atoms with van der Waals surface area (Å²) >= 11 is 0. The van der Waals surface area contributed by atoms with Crippen molar-refractivity contribution in [3.05, 3.63) is 41.6 Å². The minimum absolute atomic E-state index is 0.354. The first-order chi connectivity index (χ1) is 7.79. The molecular formula is C14H17NO. The van der Waals surface area contributed by atoms with Crippen LogP contribution in [0.4, 0.5) is 0 Å². The van der Waals surface area contributed by atoms with Crippen molar-refractivity contribution in [2.45, 2.75) is 19.8 Å². The second kappa shape index (κ2) is 4.97. The van der Waals surface area contributed by atoms with Crippen LogP contribution in [0.15, 0.2) is 36.0 Å². The monoisotopic (exact) mass is 215 g/mol. The Morgan fingerprint density at radius 2 is 2.06 bits per heavy atom. The lowest BCUT2D eigenvalue weighted by molar-refractivity contribution is -0.120. The van der Waals surface area contributed by atoms with Gasteiger partial charge in [0.25, 0.3) is 0 Å².